The molecule has 0 saturated heterocycles. The number of anilines is 3. The lowest BCUT2D eigenvalue weighted by Crippen LogP contribution is -2.24. The first-order valence-electron chi connectivity index (χ1n) is 25.0. The molecular weight excluding hydrogens is 881 g/mol. The SMILES string of the molecule is CC(C)c1cccc(C(=O)Cc2ccccc2)c1.CCC(=O)c1cccc(C(C)C)c1.CCNc1cccc(C(C)C)c1.CNC(=O)Nc1cccc(C(C)C)c1.COC(=O)Nc1cccc(C(C)C)c1. The molecule has 3 amide bonds. The standard InChI is InChI=1S/C17H18O.C12H16O.C11H16N2O.C11H15NO2.C11H17N/c1-13(2)15-9-6-10-16(12-15)17(18)11-14-7-4-3-5-8-14;1-4-12(13)11-7-5-6-10(8-11)9(2)3;1-8(2)9-5-4-6-10(7-9)13-11(14)12-3;1-8(2)9-5-4-6-10(7-9)12-11(13)14-3;1-4-12-11-7-5-6-10(8-11)9(2)3/h3-10,12-13H,11H2,1-2H3;5-9H,4H2,1-3H3;4-8H,1-3H3,(H2,12,13,14);4-8H,1-3H3,(H,12,13);5-9,12H,4H2,1-3H3. The van der Waals surface area contributed by atoms with Crippen molar-refractivity contribution in [2.24, 2.45) is 0 Å². The van der Waals surface area contributed by atoms with Crippen LogP contribution in [0.25, 0.3) is 0 Å². The average molecular weight is 963 g/mol. The highest BCUT2D eigenvalue weighted by atomic mass is 16.5. The Balaban J connectivity index is 0.000000307. The predicted octanol–water partition coefficient (Wildman–Crippen LogP) is 16.4. The molecule has 0 bridgehead atoms. The lowest BCUT2D eigenvalue weighted by atomic mass is 9.97. The van der Waals surface area contributed by atoms with E-state index in [4.69, 9.17) is 0 Å². The Labute approximate surface area is 426 Å². The molecule has 0 heterocycles. The van der Waals surface area contributed by atoms with Gasteiger partial charge in [-0.15, -0.1) is 0 Å². The third-order valence-corrected chi connectivity index (χ3v) is 11.2. The number of ketones is 2. The summed E-state index contributed by atoms with van der Waals surface area (Å²) in [7, 11) is 2.95. The lowest BCUT2D eigenvalue weighted by molar-refractivity contribution is 0.0982. The molecule has 0 aliphatic heterocycles. The van der Waals surface area contributed by atoms with Crippen LogP contribution in [0.2, 0.25) is 0 Å². The topological polar surface area (TPSA) is 126 Å². The zero-order valence-corrected chi connectivity index (χ0v) is 45.0. The van der Waals surface area contributed by atoms with E-state index < -0.39 is 6.09 Å². The molecule has 0 spiro atoms. The van der Waals surface area contributed by atoms with Crippen molar-refractivity contribution >= 4 is 40.8 Å². The van der Waals surface area contributed by atoms with Crippen LogP contribution in [0.3, 0.4) is 0 Å². The fraction of sp³-hybridized carbons (Fsp3) is 0.355. The van der Waals surface area contributed by atoms with Crippen LogP contribution in [0.4, 0.5) is 26.7 Å². The number of nitrogens with one attached hydrogen (secondary N) is 4. The first kappa shape index (κ1) is 60.1. The number of hydrogen-bond donors (Lipinski definition) is 4. The van der Waals surface area contributed by atoms with Crippen molar-refractivity contribution in [2.45, 2.75) is 126 Å². The molecule has 6 aromatic rings. The number of urea groups is 1. The van der Waals surface area contributed by atoms with Gasteiger partial charge in [0.05, 0.1) is 7.11 Å². The Morgan fingerprint density at radius 3 is 1.23 bits per heavy atom. The van der Waals surface area contributed by atoms with Gasteiger partial charge in [0, 0.05) is 54.6 Å². The quantitative estimate of drug-likeness (QED) is 0.0806. The highest BCUT2D eigenvalue weighted by molar-refractivity contribution is 5.97. The average Bonchev–Trinajstić information content (AvgIpc) is 3.37. The van der Waals surface area contributed by atoms with Crippen LogP contribution in [-0.2, 0) is 11.2 Å². The Hall–Kier alpha value is -7.00. The third kappa shape index (κ3) is 23.4. The first-order valence-corrected chi connectivity index (χ1v) is 25.0. The summed E-state index contributed by atoms with van der Waals surface area (Å²) in [5, 5.41) is 11.2. The van der Waals surface area contributed by atoms with Gasteiger partial charge in [0.1, 0.15) is 0 Å². The second-order valence-electron chi connectivity index (χ2n) is 18.6. The minimum Gasteiger partial charge on any atom is -0.453 e. The van der Waals surface area contributed by atoms with Crippen LogP contribution in [0.5, 0.6) is 0 Å². The van der Waals surface area contributed by atoms with Crippen molar-refractivity contribution in [2.75, 3.05) is 36.7 Å². The summed E-state index contributed by atoms with van der Waals surface area (Å²) in [6.45, 7) is 26.4. The van der Waals surface area contributed by atoms with E-state index in [-0.39, 0.29) is 17.6 Å². The van der Waals surface area contributed by atoms with E-state index in [1.54, 1.807) is 7.05 Å². The van der Waals surface area contributed by atoms with Crippen LogP contribution >= 0.6 is 0 Å². The smallest absolute Gasteiger partial charge is 0.411 e. The molecule has 0 radical (unpaired) electrons. The molecule has 0 atom stereocenters. The van der Waals surface area contributed by atoms with Gasteiger partial charge < -0.3 is 20.7 Å². The van der Waals surface area contributed by atoms with Crippen LogP contribution in [0.1, 0.15) is 173 Å². The van der Waals surface area contributed by atoms with Gasteiger partial charge in [-0.25, -0.2) is 9.59 Å². The zero-order valence-electron chi connectivity index (χ0n) is 45.0. The van der Waals surface area contributed by atoms with E-state index in [0.717, 1.165) is 34.6 Å². The minimum absolute atomic E-state index is 0.184. The summed E-state index contributed by atoms with van der Waals surface area (Å²) in [5.74, 6) is 2.89. The van der Waals surface area contributed by atoms with Gasteiger partial charge in [-0.3, -0.25) is 14.9 Å². The molecule has 0 aliphatic rings. The van der Waals surface area contributed by atoms with Gasteiger partial charge in [-0.05, 0) is 118 Å². The van der Waals surface area contributed by atoms with Crippen LogP contribution < -0.4 is 21.3 Å². The molecule has 6 rings (SSSR count). The van der Waals surface area contributed by atoms with Crippen LogP contribution in [0, 0.1) is 0 Å². The summed E-state index contributed by atoms with van der Waals surface area (Å²) in [6, 6.07) is 49.7. The molecule has 9 heteroatoms. The van der Waals surface area contributed by atoms with Gasteiger partial charge >= 0.3 is 12.1 Å². The Morgan fingerprint density at radius 1 is 0.451 bits per heavy atom. The lowest BCUT2D eigenvalue weighted by Gasteiger charge is -2.08. The van der Waals surface area contributed by atoms with Crippen molar-refractivity contribution in [3.05, 3.63) is 196 Å². The van der Waals surface area contributed by atoms with Gasteiger partial charge in [-0.2, -0.15) is 0 Å². The number of benzene rings is 6. The number of carbonyl (C=O) groups excluding carboxylic acids is 4. The maximum atomic E-state index is 12.2. The number of carbonyl (C=O) groups is 4. The van der Waals surface area contributed by atoms with Crippen molar-refractivity contribution < 1.29 is 23.9 Å². The van der Waals surface area contributed by atoms with Crippen molar-refractivity contribution in [3.8, 4) is 0 Å². The third-order valence-electron chi connectivity index (χ3n) is 11.2. The summed E-state index contributed by atoms with van der Waals surface area (Å²) in [6.07, 6.45) is 0.620. The number of Topliss-reactive ketones (excluding diaryl/α,β-unsaturated/α-hetero) is 2. The molecule has 71 heavy (non-hydrogen) atoms. The zero-order chi connectivity index (χ0) is 52.9. The first-order chi connectivity index (χ1) is 33.8. The van der Waals surface area contributed by atoms with E-state index in [9.17, 15) is 19.2 Å². The molecule has 0 unspecified atom stereocenters. The monoisotopic (exact) mass is 963 g/mol. The van der Waals surface area contributed by atoms with Crippen LogP contribution in [-0.4, -0.2) is 44.4 Å². The largest absolute Gasteiger partial charge is 0.453 e. The second-order valence-corrected chi connectivity index (χ2v) is 18.6. The van der Waals surface area contributed by atoms with E-state index >= 15 is 0 Å². The normalized spacial score (nSPS) is 10.3. The highest BCUT2D eigenvalue weighted by Crippen LogP contribution is 2.22. The van der Waals surface area contributed by atoms with Gasteiger partial charge in [-0.1, -0.05) is 179 Å². The second kappa shape index (κ2) is 32.7. The Bertz CT molecular complexity index is 2450. The van der Waals surface area contributed by atoms with E-state index in [0.29, 0.717) is 42.4 Å². The summed E-state index contributed by atoms with van der Waals surface area (Å²) < 4.78 is 4.50. The molecule has 4 N–H and O–H groups in total. The highest BCUT2D eigenvalue weighted by Gasteiger charge is 2.10. The summed E-state index contributed by atoms with van der Waals surface area (Å²) in [5.41, 5.74) is 11.8. The van der Waals surface area contributed by atoms with Gasteiger partial charge in [0.15, 0.2) is 11.6 Å². The molecule has 6 aromatic carbocycles. The molecule has 0 aliphatic carbocycles. The number of ether oxygens (including phenoxy) is 1. The molecular formula is C62H82N4O5. The minimum atomic E-state index is -0.439. The molecule has 0 fully saturated rings. The predicted molar refractivity (Wildman–Crippen MR) is 300 cm³/mol. The van der Waals surface area contributed by atoms with Crippen molar-refractivity contribution in [1.29, 1.82) is 0 Å². The Morgan fingerprint density at radius 2 is 0.831 bits per heavy atom. The maximum absolute atomic E-state index is 12.2. The molecule has 9 nitrogen and oxygen atoms in total. The van der Waals surface area contributed by atoms with Crippen LogP contribution in [0.15, 0.2) is 152 Å². The Kier molecular flexibility index (Phi) is 27.7. The number of rotatable bonds is 14. The van der Waals surface area contributed by atoms with E-state index in [2.05, 4.69) is 145 Å². The number of hydrogen-bond acceptors (Lipinski definition) is 6. The molecule has 380 valence electrons. The van der Waals surface area contributed by atoms with E-state index in [1.807, 2.05) is 116 Å². The number of methoxy groups -OCH3 is 1. The van der Waals surface area contributed by atoms with Crippen molar-refractivity contribution in [3.63, 3.8) is 0 Å². The summed E-state index contributed by atoms with van der Waals surface area (Å²) >= 11 is 0. The van der Waals surface area contributed by atoms with Gasteiger partial charge in [0.2, 0.25) is 0 Å². The van der Waals surface area contributed by atoms with Crippen molar-refractivity contribution in [1.82, 2.24) is 5.32 Å². The number of amides is 3. The fourth-order valence-corrected chi connectivity index (χ4v) is 6.76. The van der Waals surface area contributed by atoms with E-state index in [1.165, 1.54) is 40.6 Å². The summed E-state index contributed by atoms with van der Waals surface area (Å²) in [4.78, 5) is 45.5. The fourth-order valence-electron chi connectivity index (χ4n) is 6.76. The molecule has 0 aromatic heterocycles. The molecule has 0 saturated carbocycles. The maximum Gasteiger partial charge on any atom is 0.411 e. The van der Waals surface area contributed by atoms with Gasteiger partial charge in [0.25, 0.3) is 0 Å².